The van der Waals surface area contributed by atoms with Crippen molar-refractivity contribution in [2.24, 2.45) is 13.0 Å². The maximum atomic E-state index is 12.6. The van der Waals surface area contributed by atoms with Crippen LogP contribution < -0.4 is 5.32 Å². The molecule has 0 unspecified atom stereocenters. The standard InChI is InChI=1S/C23H27N7O/c1-17-5-3-9-24-23(17)28-21-12-20(25-16-26-21)11-18-6-4-10-30(15-18)22(31)8-7-19-13-27-29(2)14-19/h3,5,7-9,12-14,16,18H,4,6,10-11,15H2,1-2H3,(H,24,25,26,28)/b8-7+/t18-/m1/s1. The van der Waals surface area contributed by atoms with Crippen LogP contribution in [0.3, 0.4) is 0 Å². The van der Waals surface area contributed by atoms with Gasteiger partial charge in [0.1, 0.15) is 18.0 Å². The van der Waals surface area contributed by atoms with Crippen LogP contribution in [0.5, 0.6) is 0 Å². The van der Waals surface area contributed by atoms with Gasteiger partial charge >= 0.3 is 0 Å². The van der Waals surface area contributed by atoms with E-state index in [0.29, 0.717) is 5.92 Å². The van der Waals surface area contributed by atoms with Crippen LogP contribution >= 0.6 is 0 Å². The molecule has 1 aliphatic rings. The number of nitrogens with zero attached hydrogens (tertiary/aromatic N) is 6. The summed E-state index contributed by atoms with van der Waals surface area (Å²) in [5, 5.41) is 7.39. The summed E-state index contributed by atoms with van der Waals surface area (Å²) in [6, 6.07) is 5.89. The lowest BCUT2D eigenvalue weighted by molar-refractivity contribution is -0.127. The molecule has 1 N–H and O–H groups in total. The number of anilines is 2. The quantitative estimate of drug-likeness (QED) is 0.620. The Morgan fingerprint density at radius 2 is 2.23 bits per heavy atom. The molecule has 31 heavy (non-hydrogen) atoms. The third-order valence-electron chi connectivity index (χ3n) is 5.45. The van der Waals surface area contributed by atoms with Crippen LogP contribution in [-0.2, 0) is 18.3 Å². The first kappa shape index (κ1) is 20.7. The Bertz CT molecular complexity index is 1080. The van der Waals surface area contributed by atoms with Crippen molar-refractivity contribution in [1.29, 1.82) is 0 Å². The lowest BCUT2D eigenvalue weighted by Crippen LogP contribution is -2.39. The fraction of sp³-hybridized carbons (Fsp3) is 0.348. The van der Waals surface area contributed by atoms with Crippen LogP contribution in [0, 0.1) is 12.8 Å². The van der Waals surface area contributed by atoms with Crippen LogP contribution in [0.25, 0.3) is 6.08 Å². The summed E-state index contributed by atoms with van der Waals surface area (Å²) >= 11 is 0. The zero-order chi connectivity index (χ0) is 21.6. The summed E-state index contributed by atoms with van der Waals surface area (Å²) in [7, 11) is 1.86. The van der Waals surface area contributed by atoms with E-state index in [1.54, 1.807) is 29.5 Å². The van der Waals surface area contributed by atoms with E-state index in [1.807, 2.05) is 49.3 Å². The molecular formula is C23H27N7O. The number of likely N-dealkylation sites (tertiary alicyclic amines) is 1. The van der Waals surface area contributed by atoms with E-state index in [0.717, 1.165) is 60.8 Å². The molecular weight excluding hydrogens is 390 g/mol. The molecule has 8 heteroatoms. The van der Waals surface area contributed by atoms with Gasteiger partial charge in [-0.25, -0.2) is 15.0 Å². The highest BCUT2D eigenvalue weighted by Gasteiger charge is 2.23. The Morgan fingerprint density at radius 3 is 3.03 bits per heavy atom. The van der Waals surface area contributed by atoms with Crippen LogP contribution in [0.15, 0.2) is 49.2 Å². The fourth-order valence-electron chi connectivity index (χ4n) is 3.84. The molecule has 0 radical (unpaired) electrons. The van der Waals surface area contributed by atoms with Gasteiger partial charge in [-0.1, -0.05) is 6.07 Å². The molecule has 160 valence electrons. The van der Waals surface area contributed by atoms with Crippen molar-refractivity contribution >= 4 is 23.6 Å². The zero-order valence-electron chi connectivity index (χ0n) is 17.9. The monoisotopic (exact) mass is 417 g/mol. The molecule has 1 atom stereocenters. The highest BCUT2D eigenvalue weighted by Crippen LogP contribution is 2.22. The third kappa shape index (κ3) is 5.53. The summed E-state index contributed by atoms with van der Waals surface area (Å²) in [6.07, 6.45) is 13.3. The van der Waals surface area contributed by atoms with Gasteiger partial charge in [-0.3, -0.25) is 9.48 Å². The Labute approximate surface area is 182 Å². The van der Waals surface area contributed by atoms with Gasteiger partial charge in [0, 0.05) is 55.9 Å². The summed E-state index contributed by atoms with van der Waals surface area (Å²) in [6.45, 7) is 3.54. The first-order valence-corrected chi connectivity index (χ1v) is 10.5. The molecule has 0 aromatic carbocycles. The number of carbonyl (C=O) groups excluding carboxylic acids is 1. The second-order valence-corrected chi connectivity index (χ2v) is 7.97. The number of pyridine rings is 1. The topological polar surface area (TPSA) is 88.8 Å². The summed E-state index contributed by atoms with van der Waals surface area (Å²) in [5.41, 5.74) is 2.95. The van der Waals surface area contributed by atoms with Crippen LogP contribution in [0.2, 0.25) is 0 Å². The predicted octanol–water partition coefficient (Wildman–Crippen LogP) is 3.15. The van der Waals surface area contributed by atoms with Crippen molar-refractivity contribution in [2.45, 2.75) is 26.2 Å². The summed E-state index contributed by atoms with van der Waals surface area (Å²) in [5.74, 6) is 1.95. The third-order valence-corrected chi connectivity index (χ3v) is 5.45. The van der Waals surface area contributed by atoms with Gasteiger partial charge in [0.2, 0.25) is 5.91 Å². The summed E-state index contributed by atoms with van der Waals surface area (Å²) in [4.78, 5) is 27.7. The minimum absolute atomic E-state index is 0.0456. The Kier molecular flexibility index (Phi) is 6.35. The van der Waals surface area contributed by atoms with Gasteiger partial charge in [0.15, 0.2) is 0 Å². The van der Waals surface area contributed by atoms with E-state index >= 15 is 0 Å². The minimum Gasteiger partial charge on any atom is -0.339 e. The summed E-state index contributed by atoms with van der Waals surface area (Å²) < 4.78 is 1.72. The molecule has 3 aromatic heterocycles. The molecule has 0 spiro atoms. The van der Waals surface area contributed by atoms with Gasteiger partial charge in [-0.2, -0.15) is 5.10 Å². The lowest BCUT2D eigenvalue weighted by atomic mass is 9.93. The maximum Gasteiger partial charge on any atom is 0.246 e. The Morgan fingerprint density at radius 1 is 1.32 bits per heavy atom. The first-order chi connectivity index (χ1) is 15.1. The molecule has 1 aliphatic heterocycles. The molecule has 8 nitrogen and oxygen atoms in total. The number of amides is 1. The highest BCUT2D eigenvalue weighted by molar-refractivity contribution is 5.91. The van der Waals surface area contributed by atoms with E-state index in [4.69, 9.17) is 0 Å². The van der Waals surface area contributed by atoms with E-state index < -0.39 is 0 Å². The number of piperidine rings is 1. The number of carbonyl (C=O) groups is 1. The Balaban J connectivity index is 1.36. The number of aryl methyl sites for hydroxylation is 2. The van der Waals surface area contributed by atoms with Crippen molar-refractivity contribution in [3.63, 3.8) is 0 Å². The Hall–Kier alpha value is -3.55. The highest BCUT2D eigenvalue weighted by atomic mass is 16.2. The molecule has 0 aliphatic carbocycles. The predicted molar refractivity (Wildman–Crippen MR) is 120 cm³/mol. The minimum atomic E-state index is 0.0456. The van der Waals surface area contributed by atoms with Crippen molar-refractivity contribution in [1.82, 2.24) is 29.6 Å². The average Bonchev–Trinajstić information content (AvgIpc) is 3.19. The molecule has 1 saturated heterocycles. The van der Waals surface area contributed by atoms with Gasteiger partial charge in [0.05, 0.1) is 6.20 Å². The van der Waals surface area contributed by atoms with Gasteiger partial charge in [-0.05, 0) is 49.8 Å². The fourth-order valence-corrected chi connectivity index (χ4v) is 3.84. The van der Waals surface area contributed by atoms with E-state index in [1.165, 1.54) is 0 Å². The SMILES string of the molecule is Cc1cccnc1Nc1cc(C[C@H]2CCCN(C(=O)/C=C/c3cnn(C)c3)C2)ncn1. The molecule has 0 saturated carbocycles. The van der Waals surface area contributed by atoms with Gasteiger partial charge in [0.25, 0.3) is 0 Å². The normalized spacial score (nSPS) is 16.6. The number of hydrogen-bond acceptors (Lipinski definition) is 6. The van der Waals surface area contributed by atoms with Crippen LogP contribution in [0.1, 0.15) is 29.7 Å². The van der Waals surface area contributed by atoms with Crippen molar-refractivity contribution in [3.05, 3.63) is 66.0 Å². The van der Waals surface area contributed by atoms with Gasteiger partial charge in [-0.15, -0.1) is 0 Å². The second-order valence-electron chi connectivity index (χ2n) is 7.97. The first-order valence-electron chi connectivity index (χ1n) is 10.5. The van der Waals surface area contributed by atoms with E-state index in [9.17, 15) is 4.79 Å². The van der Waals surface area contributed by atoms with Crippen molar-refractivity contribution in [3.8, 4) is 0 Å². The van der Waals surface area contributed by atoms with Gasteiger partial charge < -0.3 is 10.2 Å². The second kappa shape index (κ2) is 9.51. The lowest BCUT2D eigenvalue weighted by Gasteiger charge is -2.32. The smallest absolute Gasteiger partial charge is 0.246 e. The van der Waals surface area contributed by atoms with Crippen LogP contribution in [-0.4, -0.2) is 48.6 Å². The average molecular weight is 418 g/mol. The largest absolute Gasteiger partial charge is 0.339 e. The molecule has 0 bridgehead atoms. The maximum absolute atomic E-state index is 12.6. The molecule has 4 heterocycles. The van der Waals surface area contributed by atoms with E-state index in [2.05, 4.69) is 25.4 Å². The molecule has 1 amide bonds. The van der Waals surface area contributed by atoms with Crippen molar-refractivity contribution < 1.29 is 4.79 Å². The number of hydrogen-bond donors (Lipinski definition) is 1. The number of rotatable bonds is 6. The molecule has 1 fully saturated rings. The van der Waals surface area contributed by atoms with Crippen molar-refractivity contribution in [2.75, 3.05) is 18.4 Å². The zero-order valence-corrected chi connectivity index (χ0v) is 17.9. The number of aromatic nitrogens is 5. The molecule has 3 aromatic rings. The van der Waals surface area contributed by atoms with Crippen LogP contribution in [0.4, 0.5) is 11.6 Å². The van der Waals surface area contributed by atoms with E-state index in [-0.39, 0.29) is 5.91 Å². The molecule has 4 rings (SSSR count). The number of nitrogens with one attached hydrogen (secondary N) is 1.